The Hall–Kier alpha value is -4.59. The van der Waals surface area contributed by atoms with E-state index in [2.05, 4.69) is 31.9 Å². The first-order chi connectivity index (χ1) is 23.4. The van der Waals surface area contributed by atoms with Gasteiger partial charge in [-0.05, 0) is 83.5 Å². The van der Waals surface area contributed by atoms with Gasteiger partial charge in [0.2, 0.25) is 0 Å². The number of alkyl halides is 6. The quantitative estimate of drug-likeness (QED) is 0.111. The number of nitrogens with one attached hydrogen (secondary N) is 1. The van der Waals surface area contributed by atoms with Crippen LogP contribution in [0.1, 0.15) is 58.2 Å². The number of carboxylic acid groups (broad SMARTS) is 3. The zero-order valence-electron chi connectivity index (χ0n) is 28.2. The summed E-state index contributed by atoms with van der Waals surface area (Å²) in [6.07, 6.45) is -12.8. The number of non-ortho nitro benzene ring substituents is 1. The van der Waals surface area contributed by atoms with Gasteiger partial charge in [0.1, 0.15) is 0 Å². The Bertz CT molecular complexity index is 1740. The summed E-state index contributed by atoms with van der Waals surface area (Å²) in [5, 5.41) is 39.0. The van der Waals surface area contributed by atoms with Crippen LogP contribution in [-0.4, -0.2) is 54.5 Å². The summed E-state index contributed by atoms with van der Waals surface area (Å²) < 4.78 is 75.4. The number of nitro groups is 1. The van der Waals surface area contributed by atoms with E-state index in [1.165, 1.54) is 29.2 Å². The van der Waals surface area contributed by atoms with E-state index in [4.69, 9.17) is 10.2 Å². The lowest BCUT2D eigenvalue weighted by atomic mass is 10.0. The number of rotatable bonds is 5. The SMILES string of the molecule is CC(C)(C)N(C(=O)O)c1cc(Br)cc(C(F)(F)F)c1.CC(C)(C)N(Cc1ccc([N+](=O)[O-])cc1)C(=O)O.O=C(O)Nc1cc(Br)cc(C(F)(F)F)c1. The molecule has 12 nitrogen and oxygen atoms in total. The fourth-order valence-electron chi connectivity index (χ4n) is 4.10. The largest absolute Gasteiger partial charge is 0.465 e. The highest BCUT2D eigenvalue weighted by molar-refractivity contribution is 9.10. The standard InChI is InChI=1S/C12H13BrF3NO2.C12H16N2O4.C8H5BrF3NO2/c1-11(2,3)17(10(18)19)9-5-7(12(14,15)16)4-8(13)6-9;1-12(2,3)13(11(15)16)8-9-4-6-10(7-5-9)14(17)18;9-5-1-4(8(10,11)12)2-6(3-5)13-7(14)15/h4-6H,1-3H3,(H,18,19);4-7H,8H2,1-3H3,(H,15,16);1-3,13H,(H,14,15). The van der Waals surface area contributed by atoms with E-state index < -0.39 is 57.8 Å². The van der Waals surface area contributed by atoms with Crippen LogP contribution in [0.15, 0.2) is 69.6 Å². The lowest BCUT2D eigenvalue weighted by Gasteiger charge is -2.33. The first kappa shape index (κ1) is 45.4. The molecule has 0 aliphatic carbocycles. The topological polar surface area (TPSA) is 174 Å². The third-order valence-corrected chi connectivity index (χ3v) is 7.25. The van der Waals surface area contributed by atoms with Crippen LogP contribution < -0.4 is 10.2 Å². The Balaban J connectivity index is 0.000000393. The molecule has 3 aromatic carbocycles. The molecule has 3 aromatic rings. The van der Waals surface area contributed by atoms with E-state index in [0.29, 0.717) is 0 Å². The van der Waals surface area contributed by atoms with Crippen molar-refractivity contribution >= 4 is 67.2 Å². The first-order valence-corrected chi connectivity index (χ1v) is 16.0. The van der Waals surface area contributed by atoms with Gasteiger partial charge >= 0.3 is 30.6 Å². The highest BCUT2D eigenvalue weighted by atomic mass is 79.9. The van der Waals surface area contributed by atoms with Gasteiger partial charge in [-0.3, -0.25) is 25.2 Å². The molecule has 0 aliphatic heterocycles. The average Bonchev–Trinajstić information content (AvgIpc) is 2.93. The Labute approximate surface area is 310 Å². The number of nitro benzene ring substituents is 1. The smallest absolute Gasteiger partial charge is 0.416 e. The fraction of sp³-hybridized carbons (Fsp3) is 0.344. The van der Waals surface area contributed by atoms with Gasteiger partial charge in [0.25, 0.3) is 5.69 Å². The molecule has 0 aliphatic rings. The lowest BCUT2D eigenvalue weighted by molar-refractivity contribution is -0.384. The van der Waals surface area contributed by atoms with Crippen molar-refractivity contribution in [2.24, 2.45) is 0 Å². The van der Waals surface area contributed by atoms with Gasteiger partial charge in [-0.25, -0.2) is 14.4 Å². The van der Waals surface area contributed by atoms with Crippen LogP contribution >= 0.6 is 31.9 Å². The van der Waals surface area contributed by atoms with E-state index in [1.54, 1.807) is 53.7 Å². The van der Waals surface area contributed by atoms with E-state index >= 15 is 0 Å². The summed E-state index contributed by atoms with van der Waals surface area (Å²) in [4.78, 5) is 44.8. The molecule has 0 spiro atoms. The molecule has 0 unspecified atom stereocenters. The van der Waals surface area contributed by atoms with Crippen molar-refractivity contribution in [2.45, 2.75) is 71.5 Å². The van der Waals surface area contributed by atoms with Crippen LogP contribution in [0.2, 0.25) is 0 Å². The average molecular weight is 876 g/mol. The van der Waals surface area contributed by atoms with Gasteiger partial charge < -0.3 is 15.3 Å². The van der Waals surface area contributed by atoms with Crippen molar-refractivity contribution in [3.63, 3.8) is 0 Å². The minimum Gasteiger partial charge on any atom is -0.465 e. The van der Waals surface area contributed by atoms with Crippen LogP contribution in [0.4, 0.5) is 57.8 Å². The van der Waals surface area contributed by atoms with Gasteiger partial charge in [0, 0.05) is 50.1 Å². The Kier molecular flexibility index (Phi) is 15.5. The molecule has 0 bridgehead atoms. The molecule has 4 N–H and O–H groups in total. The summed E-state index contributed by atoms with van der Waals surface area (Å²) in [6, 6.07) is 11.8. The second-order valence-corrected chi connectivity index (χ2v) is 14.4. The maximum absolute atomic E-state index is 12.7. The molecule has 0 fully saturated rings. The normalized spacial score (nSPS) is 11.6. The number of hydrogen-bond donors (Lipinski definition) is 4. The summed E-state index contributed by atoms with van der Waals surface area (Å²) in [5.41, 5.74) is -2.63. The lowest BCUT2D eigenvalue weighted by Crippen LogP contribution is -2.45. The molecule has 0 radical (unpaired) electrons. The van der Waals surface area contributed by atoms with Crippen molar-refractivity contribution in [3.05, 3.63) is 96.4 Å². The number of anilines is 2. The van der Waals surface area contributed by atoms with Crippen LogP contribution in [0, 0.1) is 10.1 Å². The van der Waals surface area contributed by atoms with Crippen LogP contribution in [0.5, 0.6) is 0 Å². The van der Waals surface area contributed by atoms with Crippen LogP contribution in [0.3, 0.4) is 0 Å². The van der Waals surface area contributed by atoms with Crippen molar-refractivity contribution in [2.75, 3.05) is 10.2 Å². The number of hydrogen-bond acceptors (Lipinski definition) is 5. The predicted molar refractivity (Wildman–Crippen MR) is 187 cm³/mol. The van der Waals surface area contributed by atoms with Gasteiger partial charge in [0.15, 0.2) is 0 Å². The van der Waals surface area contributed by atoms with Crippen molar-refractivity contribution in [1.82, 2.24) is 4.90 Å². The highest BCUT2D eigenvalue weighted by Gasteiger charge is 2.34. The van der Waals surface area contributed by atoms with E-state index in [9.17, 15) is 55.9 Å². The number of benzene rings is 3. The molecule has 0 heterocycles. The van der Waals surface area contributed by atoms with E-state index in [0.717, 1.165) is 34.7 Å². The molecule has 0 aromatic heterocycles. The minimum atomic E-state index is -4.53. The molecular weight excluding hydrogens is 842 g/mol. The molecular formula is C32H34Br2F6N4O8. The van der Waals surface area contributed by atoms with Gasteiger partial charge in [-0.15, -0.1) is 0 Å². The number of carbonyl (C=O) groups is 3. The molecule has 52 heavy (non-hydrogen) atoms. The van der Waals surface area contributed by atoms with Crippen molar-refractivity contribution in [1.29, 1.82) is 0 Å². The van der Waals surface area contributed by atoms with E-state index in [1.807, 2.05) is 5.32 Å². The molecule has 20 heteroatoms. The molecule has 0 atom stereocenters. The second-order valence-electron chi connectivity index (χ2n) is 12.6. The van der Waals surface area contributed by atoms with Gasteiger partial charge in [-0.2, -0.15) is 26.3 Å². The molecule has 3 rings (SSSR count). The Morgan fingerprint density at radius 2 is 1.19 bits per heavy atom. The van der Waals surface area contributed by atoms with Crippen molar-refractivity contribution in [3.8, 4) is 0 Å². The molecule has 0 saturated heterocycles. The van der Waals surface area contributed by atoms with Gasteiger partial charge in [0.05, 0.1) is 16.1 Å². The zero-order valence-corrected chi connectivity index (χ0v) is 31.4. The number of nitrogens with zero attached hydrogens (tertiary/aromatic N) is 3. The first-order valence-electron chi connectivity index (χ1n) is 14.5. The number of amides is 3. The Morgan fingerprint density at radius 3 is 1.56 bits per heavy atom. The third-order valence-electron chi connectivity index (χ3n) is 6.34. The zero-order chi connectivity index (χ0) is 40.6. The molecule has 3 amide bonds. The third kappa shape index (κ3) is 14.9. The van der Waals surface area contributed by atoms with Gasteiger partial charge in [-0.1, -0.05) is 44.0 Å². The molecule has 286 valence electrons. The Morgan fingerprint density at radius 1 is 0.731 bits per heavy atom. The maximum atomic E-state index is 12.7. The summed E-state index contributed by atoms with van der Waals surface area (Å²) in [6.45, 7) is 10.4. The monoisotopic (exact) mass is 874 g/mol. The molecule has 0 saturated carbocycles. The van der Waals surface area contributed by atoms with Crippen LogP contribution in [-0.2, 0) is 18.9 Å². The fourth-order valence-corrected chi connectivity index (χ4v) is 5.07. The van der Waals surface area contributed by atoms with Crippen molar-refractivity contribution < 1.29 is 61.0 Å². The second kappa shape index (κ2) is 17.8. The highest BCUT2D eigenvalue weighted by Crippen LogP contribution is 2.36. The minimum absolute atomic E-state index is 0.00335. The summed E-state index contributed by atoms with van der Waals surface area (Å²) in [5.74, 6) is 0. The maximum Gasteiger partial charge on any atom is 0.416 e. The predicted octanol–water partition coefficient (Wildman–Crippen LogP) is 11.2. The summed E-state index contributed by atoms with van der Waals surface area (Å²) >= 11 is 5.83. The summed E-state index contributed by atoms with van der Waals surface area (Å²) in [7, 11) is 0. The number of halogens is 8. The van der Waals surface area contributed by atoms with E-state index in [-0.39, 0.29) is 32.6 Å². The van der Waals surface area contributed by atoms with Crippen LogP contribution in [0.25, 0.3) is 0 Å².